The summed E-state index contributed by atoms with van der Waals surface area (Å²) in [5.41, 5.74) is 0. The van der Waals surface area contributed by atoms with Crippen LogP contribution in [0.3, 0.4) is 0 Å². The molecule has 0 aliphatic rings. The molecule has 2 N–H and O–H groups in total. The third-order valence-corrected chi connectivity index (χ3v) is 0.447. The van der Waals surface area contributed by atoms with Crippen molar-refractivity contribution in [2.24, 2.45) is 0 Å². The van der Waals surface area contributed by atoms with Gasteiger partial charge in [-0.2, -0.15) is 0 Å². The van der Waals surface area contributed by atoms with Crippen molar-refractivity contribution in [1.29, 1.82) is 0 Å². The Bertz CT molecular complexity index is 96.7. The van der Waals surface area contributed by atoms with E-state index in [0.717, 1.165) is 0 Å². The monoisotopic (exact) mass is 226 g/mol. The van der Waals surface area contributed by atoms with Gasteiger partial charge in [0.05, 0.1) is 0 Å². The molecule has 0 spiro atoms. The molecule has 60 valence electrons. The molecule has 0 saturated carbocycles. The molecular weight excluding hydrogens is 224 g/mol. The van der Waals surface area contributed by atoms with Crippen molar-refractivity contribution in [2.75, 3.05) is 0 Å². The van der Waals surface area contributed by atoms with E-state index >= 15 is 0 Å². The van der Waals surface area contributed by atoms with Crippen molar-refractivity contribution in [2.45, 2.75) is 0 Å². The quantitative estimate of drug-likeness (QED) is 0.277. The zero-order chi connectivity index (χ0) is 8.57. The first-order valence-corrected chi connectivity index (χ1v) is 4.04. The average molecular weight is 226 g/mol. The molecular formula is H2CaO8Si2. The van der Waals surface area contributed by atoms with E-state index in [1.807, 2.05) is 0 Å². The Hall–Kier alpha value is 0.414. The van der Waals surface area contributed by atoms with Gasteiger partial charge in [0.25, 0.3) is 0 Å². The Labute approximate surface area is 93.7 Å². The Morgan fingerprint density at radius 3 is 1.09 bits per heavy atom. The topological polar surface area (TPSA) is 139 Å². The molecule has 0 aromatic carbocycles. The van der Waals surface area contributed by atoms with Crippen LogP contribution in [0.1, 0.15) is 0 Å². The largest absolute Gasteiger partial charge is 2.00 e. The SMILES string of the molecule is O=[Si]([O-])OO.O=[Si]([O-])OO.[Ca+2]. The van der Waals surface area contributed by atoms with Crippen LogP contribution in [0.5, 0.6) is 0 Å². The summed E-state index contributed by atoms with van der Waals surface area (Å²) in [6, 6.07) is 0. The molecule has 0 aliphatic carbocycles. The van der Waals surface area contributed by atoms with E-state index in [1.165, 1.54) is 0 Å². The van der Waals surface area contributed by atoms with E-state index in [0.29, 0.717) is 0 Å². The van der Waals surface area contributed by atoms with E-state index in [1.54, 1.807) is 0 Å². The molecule has 0 fully saturated rings. The Balaban J connectivity index is -0.000000107. The number of rotatable bonds is 2. The fourth-order valence-electron chi connectivity index (χ4n) is 0. The van der Waals surface area contributed by atoms with Crippen LogP contribution >= 0.6 is 0 Å². The Kier molecular flexibility index (Phi) is 20.7. The predicted octanol–water partition coefficient (Wildman–Crippen LogP) is -3.88. The van der Waals surface area contributed by atoms with Gasteiger partial charge in [0.2, 0.25) is 0 Å². The van der Waals surface area contributed by atoms with Gasteiger partial charge < -0.3 is 27.7 Å². The van der Waals surface area contributed by atoms with Crippen molar-refractivity contribution in [3.63, 3.8) is 0 Å². The van der Waals surface area contributed by atoms with Gasteiger partial charge in [-0.15, -0.1) is 0 Å². The van der Waals surface area contributed by atoms with Crippen LogP contribution < -0.4 is 9.59 Å². The van der Waals surface area contributed by atoms with Crippen molar-refractivity contribution in [3.8, 4) is 0 Å². The Morgan fingerprint density at radius 1 is 1.00 bits per heavy atom. The van der Waals surface area contributed by atoms with Crippen LogP contribution in [0.2, 0.25) is 0 Å². The van der Waals surface area contributed by atoms with Crippen molar-refractivity contribution in [3.05, 3.63) is 0 Å². The smallest absolute Gasteiger partial charge is 0.478 e. The second kappa shape index (κ2) is 13.0. The molecule has 0 aromatic rings. The van der Waals surface area contributed by atoms with Crippen LogP contribution in [0.15, 0.2) is 0 Å². The standard InChI is InChI=1S/Ca.2HO4Si/c;2*1-4-5(2)3/h;2*1H/q+2;2*-1. The van der Waals surface area contributed by atoms with Gasteiger partial charge in [-0.1, -0.05) is 0 Å². The summed E-state index contributed by atoms with van der Waals surface area (Å²) in [5, 5.41) is 14.1. The first-order valence-electron chi connectivity index (χ1n) is 1.59. The minimum Gasteiger partial charge on any atom is -0.478 e. The zero-order valence-electron chi connectivity index (χ0n) is 5.05. The van der Waals surface area contributed by atoms with Crippen LogP contribution in [0.4, 0.5) is 0 Å². The molecule has 0 atom stereocenters. The minimum absolute atomic E-state index is 0. The van der Waals surface area contributed by atoms with E-state index in [4.69, 9.17) is 29.0 Å². The molecule has 0 unspecified atom stereocenters. The summed E-state index contributed by atoms with van der Waals surface area (Å²) in [4.78, 5) is 17.9. The minimum atomic E-state index is -3.32. The van der Waals surface area contributed by atoms with E-state index in [-0.39, 0.29) is 37.7 Å². The second-order valence-corrected chi connectivity index (χ2v) is 2.05. The van der Waals surface area contributed by atoms with E-state index in [2.05, 4.69) is 9.15 Å². The van der Waals surface area contributed by atoms with Crippen LogP contribution in [-0.2, 0) is 18.1 Å². The van der Waals surface area contributed by atoms with Gasteiger partial charge in [0.1, 0.15) is 0 Å². The summed E-state index contributed by atoms with van der Waals surface area (Å²) in [5.74, 6) is 0. The molecule has 0 heterocycles. The third-order valence-electron chi connectivity index (χ3n) is 0.149. The van der Waals surface area contributed by atoms with Crippen molar-refractivity contribution >= 4 is 56.1 Å². The van der Waals surface area contributed by atoms with E-state index < -0.39 is 18.3 Å². The number of hydrogen-bond donors (Lipinski definition) is 2. The fourth-order valence-corrected chi connectivity index (χ4v) is 0. The second-order valence-electron chi connectivity index (χ2n) is 0.683. The molecule has 0 saturated heterocycles. The van der Waals surface area contributed by atoms with Gasteiger partial charge in [0.15, 0.2) is 0 Å². The molecule has 0 amide bonds. The van der Waals surface area contributed by atoms with Crippen LogP contribution in [0.25, 0.3) is 0 Å². The van der Waals surface area contributed by atoms with Gasteiger partial charge in [-0.25, -0.2) is 0 Å². The normalized spacial score (nSPS) is 6.00. The number of hydrogen-bond acceptors (Lipinski definition) is 8. The zero-order valence-corrected chi connectivity index (χ0v) is 9.26. The summed E-state index contributed by atoms with van der Waals surface area (Å²) >= 11 is 0. The summed E-state index contributed by atoms with van der Waals surface area (Å²) < 4.78 is 23.4. The van der Waals surface area contributed by atoms with Gasteiger partial charge >= 0.3 is 56.1 Å². The average Bonchev–Trinajstić information content (AvgIpc) is 1.89. The van der Waals surface area contributed by atoms with Crippen molar-refractivity contribution in [1.82, 2.24) is 0 Å². The van der Waals surface area contributed by atoms with Gasteiger partial charge in [-0.3, -0.25) is 10.5 Å². The molecule has 0 rings (SSSR count). The molecule has 11 heteroatoms. The van der Waals surface area contributed by atoms with E-state index in [9.17, 15) is 0 Å². The molecule has 0 bridgehead atoms. The summed E-state index contributed by atoms with van der Waals surface area (Å²) in [6.45, 7) is 0. The maximum atomic E-state index is 8.97. The molecule has 11 heavy (non-hydrogen) atoms. The molecule has 0 radical (unpaired) electrons. The van der Waals surface area contributed by atoms with Crippen LogP contribution in [-0.4, -0.2) is 66.6 Å². The maximum Gasteiger partial charge on any atom is 2.00 e. The summed E-state index contributed by atoms with van der Waals surface area (Å²) in [6.07, 6.45) is 0. The van der Waals surface area contributed by atoms with Crippen LogP contribution in [0, 0.1) is 0 Å². The first kappa shape index (κ1) is 17.5. The maximum absolute atomic E-state index is 8.97. The van der Waals surface area contributed by atoms with Gasteiger partial charge in [0, 0.05) is 0 Å². The third kappa shape index (κ3) is 37.8. The Morgan fingerprint density at radius 2 is 1.09 bits per heavy atom. The molecule has 8 nitrogen and oxygen atoms in total. The molecule has 0 aromatic heterocycles. The fraction of sp³-hybridized carbons (Fsp3) is 0. The predicted molar refractivity (Wildman–Crippen MR) is 26.1 cm³/mol. The first-order chi connectivity index (χ1) is 4.54. The van der Waals surface area contributed by atoms with Crippen molar-refractivity contribution < 1.29 is 38.2 Å². The molecule has 0 aliphatic heterocycles. The summed E-state index contributed by atoms with van der Waals surface area (Å²) in [7, 11) is -6.64. The van der Waals surface area contributed by atoms with Gasteiger partial charge in [-0.05, 0) is 0 Å².